The van der Waals surface area contributed by atoms with Crippen molar-refractivity contribution in [3.63, 3.8) is 0 Å². The van der Waals surface area contributed by atoms with Gasteiger partial charge in [0.25, 0.3) is 0 Å². The quantitative estimate of drug-likeness (QED) is 0.701. The average Bonchev–Trinajstić information content (AvgIpc) is 3.19. The van der Waals surface area contributed by atoms with Crippen LogP contribution in [0.3, 0.4) is 0 Å². The molecule has 1 aromatic carbocycles. The van der Waals surface area contributed by atoms with E-state index in [-0.39, 0.29) is 6.04 Å². The van der Waals surface area contributed by atoms with E-state index in [0.717, 1.165) is 37.2 Å². The zero-order valence-corrected chi connectivity index (χ0v) is 15.2. The van der Waals surface area contributed by atoms with E-state index in [1.807, 2.05) is 36.5 Å². The van der Waals surface area contributed by atoms with Crippen LogP contribution in [0.2, 0.25) is 0 Å². The molecule has 3 heterocycles. The minimum atomic E-state index is 0.0867. The third-order valence-corrected chi connectivity index (χ3v) is 4.99. The molecule has 1 fully saturated rings. The molecule has 0 amide bonds. The number of benzene rings is 1. The molecule has 0 N–H and O–H groups in total. The Hall–Kier alpha value is -3.04. The molecule has 136 valence electrons. The van der Waals surface area contributed by atoms with Crippen LogP contribution in [0.5, 0.6) is 0 Å². The summed E-state index contributed by atoms with van der Waals surface area (Å²) in [5.74, 6) is 1.79. The van der Waals surface area contributed by atoms with Crippen LogP contribution in [0.4, 0.5) is 0 Å². The Labute approximate surface area is 158 Å². The van der Waals surface area contributed by atoms with E-state index in [4.69, 9.17) is 9.78 Å². The van der Waals surface area contributed by atoms with Gasteiger partial charge in [-0.15, -0.1) is 0 Å². The van der Waals surface area contributed by atoms with Crippen molar-refractivity contribution in [2.75, 3.05) is 6.54 Å². The number of aromatic nitrogens is 3. The third-order valence-electron chi connectivity index (χ3n) is 4.99. The predicted molar refractivity (Wildman–Crippen MR) is 100 cm³/mol. The van der Waals surface area contributed by atoms with Gasteiger partial charge in [0.15, 0.2) is 0 Å². The van der Waals surface area contributed by atoms with Crippen LogP contribution < -0.4 is 0 Å². The van der Waals surface area contributed by atoms with Crippen molar-refractivity contribution < 1.29 is 4.52 Å². The van der Waals surface area contributed by atoms with Crippen LogP contribution in [0, 0.1) is 17.2 Å². The first kappa shape index (κ1) is 17.4. The molecule has 0 saturated carbocycles. The Balaban J connectivity index is 1.59. The van der Waals surface area contributed by atoms with Gasteiger partial charge in [0.2, 0.25) is 11.7 Å². The van der Waals surface area contributed by atoms with E-state index in [1.54, 1.807) is 12.1 Å². The van der Waals surface area contributed by atoms with Gasteiger partial charge in [-0.2, -0.15) is 10.2 Å². The van der Waals surface area contributed by atoms with Crippen molar-refractivity contribution >= 4 is 0 Å². The molecule has 0 aliphatic carbocycles. The maximum absolute atomic E-state index is 9.09. The number of hydrogen-bond acceptors (Lipinski definition) is 6. The van der Waals surface area contributed by atoms with Gasteiger partial charge in [0.1, 0.15) is 0 Å². The summed E-state index contributed by atoms with van der Waals surface area (Å²) in [4.78, 5) is 11.5. The lowest BCUT2D eigenvalue weighted by atomic mass is 9.94. The standard InChI is InChI=1S/C21H21N5O/c1-15-8-9-19(26(13-15)14-18-7-2-3-10-23-18)21-24-20(25-27-21)17-6-4-5-16(11-17)12-22/h2-7,10-11,15,19H,8-9,13-14H2,1H3/t15-,19+/m0/s1. The molecule has 0 spiro atoms. The molecule has 2 atom stereocenters. The molecule has 6 nitrogen and oxygen atoms in total. The Morgan fingerprint density at radius 1 is 1.22 bits per heavy atom. The summed E-state index contributed by atoms with van der Waals surface area (Å²) in [7, 11) is 0. The molecule has 0 radical (unpaired) electrons. The Kier molecular flexibility index (Phi) is 4.95. The summed E-state index contributed by atoms with van der Waals surface area (Å²) in [5, 5.41) is 13.3. The van der Waals surface area contributed by atoms with Gasteiger partial charge in [0.05, 0.1) is 23.4 Å². The maximum atomic E-state index is 9.09. The van der Waals surface area contributed by atoms with Gasteiger partial charge in [0, 0.05) is 24.8 Å². The Bertz CT molecular complexity index is 946. The second kappa shape index (κ2) is 7.68. The lowest BCUT2D eigenvalue weighted by Crippen LogP contribution is -2.37. The molecule has 1 aliphatic rings. The lowest BCUT2D eigenvalue weighted by molar-refractivity contribution is 0.0817. The summed E-state index contributed by atoms with van der Waals surface area (Å²) in [5.41, 5.74) is 2.42. The summed E-state index contributed by atoms with van der Waals surface area (Å²) in [6, 6.07) is 15.5. The minimum Gasteiger partial charge on any atom is -0.337 e. The molecule has 4 rings (SSSR count). The third kappa shape index (κ3) is 3.88. The van der Waals surface area contributed by atoms with E-state index in [2.05, 4.69) is 33.0 Å². The van der Waals surface area contributed by atoms with E-state index in [0.29, 0.717) is 23.2 Å². The molecule has 1 saturated heterocycles. The highest BCUT2D eigenvalue weighted by Crippen LogP contribution is 2.34. The van der Waals surface area contributed by atoms with Gasteiger partial charge in [-0.1, -0.05) is 30.3 Å². The molecule has 3 aromatic rings. The van der Waals surface area contributed by atoms with Gasteiger partial charge >= 0.3 is 0 Å². The van der Waals surface area contributed by atoms with Crippen LogP contribution in [-0.2, 0) is 6.54 Å². The lowest BCUT2D eigenvalue weighted by Gasteiger charge is -2.36. The smallest absolute Gasteiger partial charge is 0.244 e. The fourth-order valence-corrected chi connectivity index (χ4v) is 3.61. The first-order valence-electron chi connectivity index (χ1n) is 9.21. The first-order chi connectivity index (χ1) is 13.2. The summed E-state index contributed by atoms with van der Waals surface area (Å²) in [6.07, 6.45) is 3.93. The second-order valence-corrected chi connectivity index (χ2v) is 7.10. The van der Waals surface area contributed by atoms with Crippen LogP contribution in [0.15, 0.2) is 53.2 Å². The number of likely N-dealkylation sites (tertiary alicyclic amines) is 1. The molecule has 0 bridgehead atoms. The van der Waals surface area contributed by atoms with Gasteiger partial charge in [-0.3, -0.25) is 9.88 Å². The SMILES string of the molecule is C[C@H]1CC[C@H](c2nc(-c3cccc(C#N)c3)no2)N(Cc2ccccn2)C1. The number of rotatable bonds is 4. The molecule has 1 aliphatic heterocycles. The topological polar surface area (TPSA) is 78.8 Å². The predicted octanol–water partition coefficient (Wildman–Crippen LogP) is 3.98. The summed E-state index contributed by atoms with van der Waals surface area (Å²) in [6.45, 7) is 4.01. The van der Waals surface area contributed by atoms with Crippen molar-refractivity contribution in [2.45, 2.75) is 32.4 Å². The van der Waals surface area contributed by atoms with E-state index >= 15 is 0 Å². The van der Waals surface area contributed by atoms with Crippen molar-refractivity contribution in [1.29, 1.82) is 5.26 Å². The van der Waals surface area contributed by atoms with Crippen molar-refractivity contribution in [1.82, 2.24) is 20.0 Å². The van der Waals surface area contributed by atoms with E-state index in [1.165, 1.54) is 0 Å². The molecule has 2 aromatic heterocycles. The van der Waals surface area contributed by atoms with Crippen LogP contribution >= 0.6 is 0 Å². The highest BCUT2D eigenvalue weighted by molar-refractivity contribution is 5.57. The number of hydrogen-bond donors (Lipinski definition) is 0. The van der Waals surface area contributed by atoms with Crippen molar-refractivity contribution in [3.8, 4) is 17.5 Å². The van der Waals surface area contributed by atoms with Crippen LogP contribution in [-0.4, -0.2) is 26.6 Å². The van der Waals surface area contributed by atoms with E-state index < -0.39 is 0 Å². The molecular formula is C21H21N5O. The monoisotopic (exact) mass is 359 g/mol. The minimum absolute atomic E-state index is 0.0867. The van der Waals surface area contributed by atoms with Crippen LogP contribution in [0.1, 0.15) is 43.0 Å². The largest absolute Gasteiger partial charge is 0.337 e. The van der Waals surface area contributed by atoms with Crippen molar-refractivity contribution in [2.24, 2.45) is 5.92 Å². The van der Waals surface area contributed by atoms with Gasteiger partial charge in [-0.25, -0.2) is 0 Å². The number of nitriles is 1. The molecule has 6 heteroatoms. The number of nitrogens with zero attached hydrogens (tertiary/aromatic N) is 5. The fraction of sp³-hybridized carbons (Fsp3) is 0.333. The molecule has 0 unspecified atom stereocenters. The second-order valence-electron chi connectivity index (χ2n) is 7.10. The van der Waals surface area contributed by atoms with Crippen molar-refractivity contribution in [3.05, 3.63) is 65.8 Å². The highest BCUT2D eigenvalue weighted by atomic mass is 16.5. The summed E-state index contributed by atoms with van der Waals surface area (Å²) < 4.78 is 5.63. The highest BCUT2D eigenvalue weighted by Gasteiger charge is 2.31. The Morgan fingerprint density at radius 2 is 2.15 bits per heavy atom. The zero-order valence-electron chi connectivity index (χ0n) is 15.2. The van der Waals surface area contributed by atoms with Gasteiger partial charge in [-0.05, 0) is 43.0 Å². The number of pyridine rings is 1. The Morgan fingerprint density at radius 3 is 2.96 bits per heavy atom. The molecule has 27 heavy (non-hydrogen) atoms. The van der Waals surface area contributed by atoms with E-state index in [9.17, 15) is 0 Å². The number of piperidine rings is 1. The zero-order chi connectivity index (χ0) is 18.6. The summed E-state index contributed by atoms with van der Waals surface area (Å²) >= 11 is 0. The normalized spacial score (nSPS) is 20.3. The first-order valence-corrected chi connectivity index (χ1v) is 9.21. The van der Waals surface area contributed by atoms with Gasteiger partial charge < -0.3 is 4.52 Å². The van der Waals surface area contributed by atoms with Crippen LogP contribution in [0.25, 0.3) is 11.4 Å². The maximum Gasteiger partial charge on any atom is 0.244 e. The average molecular weight is 359 g/mol. The fourth-order valence-electron chi connectivity index (χ4n) is 3.61. The molecular weight excluding hydrogens is 338 g/mol.